The van der Waals surface area contributed by atoms with Gasteiger partial charge in [-0.3, -0.25) is 0 Å². The van der Waals surface area contributed by atoms with Gasteiger partial charge >= 0.3 is 0 Å². The molecule has 0 atom stereocenters. The largest absolute Gasteiger partial charge is 0.508 e. The second kappa shape index (κ2) is 5.94. The van der Waals surface area contributed by atoms with Crippen molar-refractivity contribution in [3.63, 3.8) is 0 Å². The van der Waals surface area contributed by atoms with Gasteiger partial charge in [-0.1, -0.05) is 12.1 Å². The minimum Gasteiger partial charge on any atom is -0.508 e. The highest BCUT2D eigenvalue weighted by Gasteiger charge is 2.12. The molecule has 0 saturated heterocycles. The van der Waals surface area contributed by atoms with E-state index in [0.29, 0.717) is 5.82 Å². The van der Waals surface area contributed by atoms with Gasteiger partial charge in [-0.25, -0.2) is 9.97 Å². The van der Waals surface area contributed by atoms with Gasteiger partial charge in [0.15, 0.2) is 11.6 Å². The van der Waals surface area contributed by atoms with Crippen LogP contribution >= 0.6 is 0 Å². The second-order valence-corrected chi connectivity index (χ2v) is 6.12. The van der Waals surface area contributed by atoms with Gasteiger partial charge in [-0.05, 0) is 61.4 Å². The van der Waals surface area contributed by atoms with E-state index in [0.717, 1.165) is 33.7 Å². The highest BCUT2D eigenvalue weighted by atomic mass is 16.3. The monoisotopic (exact) mass is 330 g/mol. The molecule has 0 unspecified atom stereocenters. The first kappa shape index (κ1) is 15.2. The quantitative estimate of drug-likeness (QED) is 0.509. The predicted molar refractivity (Wildman–Crippen MR) is 100 cm³/mol. The molecule has 0 spiro atoms. The molecule has 0 aliphatic carbocycles. The number of hydrogen-bond acceptors (Lipinski definition) is 4. The number of rotatable bonds is 3. The summed E-state index contributed by atoms with van der Waals surface area (Å²) in [5, 5.41) is 12.9. The summed E-state index contributed by atoms with van der Waals surface area (Å²) in [7, 11) is 0. The lowest BCUT2D eigenvalue weighted by molar-refractivity contribution is 0.475. The Morgan fingerprint density at radius 3 is 2.56 bits per heavy atom. The van der Waals surface area contributed by atoms with Crippen LogP contribution in [-0.4, -0.2) is 20.1 Å². The van der Waals surface area contributed by atoms with Gasteiger partial charge in [-0.15, -0.1) is 0 Å². The second-order valence-electron chi connectivity index (χ2n) is 6.12. The van der Waals surface area contributed by atoms with Crippen LogP contribution in [0.4, 0.5) is 11.5 Å². The van der Waals surface area contributed by atoms with E-state index < -0.39 is 0 Å². The van der Waals surface area contributed by atoms with Crippen molar-refractivity contribution in [2.45, 2.75) is 13.8 Å². The first-order chi connectivity index (χ1) is 12.1. The summed E-state index contributed by atoms with van der Waals surface area (Å²) in [6, 6.07) is 15.1. The first-order valence-corrected chi connectivity index (χ1v) is 8.09. The molecular formula is C20H18N4O. The zero-order valence-corrected chi connectivity index (χ0v) is 14.0. The fourth-order valence-corrected chi connectivity index (χ4v) is 2.77. The molecule has 2 heterocycles. The summed E-state index contributed by atoms with van der Waals surface area (Å²) < 4.78 is 0. The van der Waals surface area contributed by atoms with Crippen molar-refractivity contribution in [2.24, 2.45) is 0 Å². The van der Waals surface area contributed by atoms with Gasteiger partial charge in [0.25, 0.3) is 0 Å². The highest BCUT2D eigenvalue weighted by Crippen LogP contribution is 2.28. The first-order valence-electron chi connectivity index (χ1n) is 8.09. The Hall–Kier alpha value is -3.34. The van der Waals surface area contributed by atoms with E-state index in [-0.39, 0.29) is 5.75 Å². The number of hydrogen-bond donors (Lipinski definition) is 3. The van der Waals surface area contributed by atoms with Gasteiger partial charge < -0.3 is 15.4 Å². The topological polar surface area (TPSA) is 73.8 Å². The van der Waals surface area contributed by atoms with E-state index in [1.165, 1.54) is 5.56 Å². The smallest absolute Gasteiger partial charge is 0.162 e. The van der Waals surface area contributed by atoms with E-state index in [9.17, 15) is 5.11 Å². The molecule has 0 bridgehead atoms. The van der Waals surface area contributed by atoms with Crippen LogP contribution in [0.15, 0.2) is 54.7 Å². The molecule has 0 amide bonds. The lowest BCUT2D eigenvalue weighted by Crippen LogP contribution is -2.00. The number of anilines is 2. The average molecular weight is 330 g/mol. The molecule has 0 aliphatic heterocycles. The number of phenols is 1. The van der Waals surface area contributed by atoms with Crippen LogP contribution in [-0.2, 0) is 0 Å². The molecule has 4 rings (SSSR count). The number of aryl methyl sites for hydroxylation is 2. The van der Waals surface area contributed by atoms with Gasteiger partial charge in [-0.2, -0.15) is 0 Å². The number of benzene rings is 2. The molecule has 0 radical (unpaired) electrons. The normalized spacial score (nSPS) is 11.0. The van der Waals surface area contributed by atoms with Crippen LogP contribution in [0.2, 0.25) is 0 Å². The van der Waals surface area contributed by atoms with E-state index >= 15 is 0 Å². The molecule has 4 aromatic rings. The number of aromatic amines is 1. The van der Waals surface area contributed by atoms with Crippen LogP contribution in [0.5, 0.6) is 5.75 Å². The number of aromatic hydroxyl groups is 1. The number of phenolic OH excluding ortho intramolecular Hbond substituents is 1. The molecule has 2 aromatic carbocycles. The predicted octanol–water partition coefficient (Wildman–Crippen LogP) is 4.69. The molecule has 2 aromatic heterocycles. The fraction of sp³-hybridized carbons (Fsp3) is 0.100. The lowest BCUT2D eigenvalue weighted by Gasteiger charge is -2.12. The summed E-state index contributed by atoms with van der Waals surface area (Å²) in [6.45, 7) is 4.13. The Balaban J connectivity index is 1.83. The van der Waals surface area contributed by atoms with Crippen molar-refractivity contribution >= 4 is 22.5 Å². The standard InChI is InChI=1S/C20H18N4O/c1-12-3-4-13(2)17(11-12)23-20-18-16(9-10-21-18)22-19(24-20)14-5-7-15(25)8-6-14/h3-11,21,25H,1-2H3,(H,22,23,24). The summed E-state index contributed by atoms with van der Waals surface area (Å²) in [5.41, 5.74) is 5.91. The van der Waals surface area contributed by atoms with Crippen LogP contribution in [0.1, 0.15) is 11.1 Å². The molecule has 124 valence electrons. The maximum absolute atomic E-state index is 9.49. The minimum atomic E-state index is 0.222. The van der Waals surface area contributed by atoms with Gasteiger partial charge in [0.2, 0.25) is 0 Å². The Morgan fingerprint density at radius 2 is 1.76 bits per heavy atom. The maximum atomic E-state index is 9.49. The zero-order valence-electron chi connectivity index (χ0n) is 14.0. The minimum absolute atomic E-state index is 0.222. The van der Waals surface area contributed by atoms with Gasteiger partial charge in [0.05, 0.1) is 5.52 Å². The Labute approximate surface area is 145 Å². The Kier molecular flexibility index (Phi) is 3.61. The van der Waals surface area contributed by atoms with Crippen LogP contribution in [0, 0.1) is 13.8 Å². The Bertz CT molecular complexity index is 1050. The van der Waals surface area contributed by atoms with Crippen LogP contribution in [0.3, 0.4) is 0 Å². The molecule has 3 N–H and O–H groups in total. The van der Waals surface area contributed by atoms with E-state index in [4.69, 9.17) is 4.98 Å². The van der Waals surface area contributed by atoms with Crippen molar-refractivity contribution in [3.8, 4) is 17.1 Å². The molecule has 5 heteroatoms. The van der Waals surface area contributed by atoms with Gasteiger partial charge in [0.1, 0.15) is 11.3 Å². The molecule has 5 nitrogen and oxygen atoms in total. The van der Waals surface area contributed by atoms with E-state index in [1.807, 2.05) is 24.4 Å². The molecular weight excluding hydrogens is 312 g/mol. The molecule has 0 fully saturated rings. The zero-order chi connectivity index (χ0) is 17.4. The highest BCUT2D eigenvalue weighted by molar-refractivity contribution is 5.89. The third kappa shape index (κ3) is 2.92. The third-order valence-electron chi connectivity index (χ3n) is 4.18. The summed E-state index contributed by atoms with van der Waals surface area (Å²) in [5.74, 6) is 1.56. The Morgan fingerprint density at radius 1 is 0.960 bits per heavy atom. The number of nitrogens with one attached hydrogen (secondary N) is 2. The molecule has 25 heavy (non-hydrogen) atoms. The maximum Gasteiger partial charge on any atom is 0.162 e. The lowest BCUT2D eigenvalue weighted by atomic mass is 10.1. The number of H-pyrrole nitrogens is 1. The molecule has 0 aliphatic rings. The number of aromatic nitrogens is 3. The fourth-order valence-electron chi connectivity index (χ4n) is 2.77. The SMILES string of the molecule is Cc1ccc(C)c(Nc2nc(-c3ccc(O)cc3)nc3cc[nH]c23)c1. The summed E-state index contributed by atoms with van der Waals surface area (Å²) in [4.78, 5) is 12.5. The van der Waals surface area contributed by atoms with E-state index in [2.05, 4.69) is 47.3 Å². The van der Waals surface area contributed by atoms with Crippen molar-refractivity contribution in [1.29, 1.82) is 0 Å². The van der Waals surface area contributed by atoms with Crippen LogP contribution in [0.25, 0.3) is 22.4 Å². The number of fused-ring (bicyclic) bond motifs is 1. The van der Waals surface area contributed by atoms with Crippen molar-refractivity contribution in [1.82, 2.24) is 15.0 Å². The molecule has 0 saturated carbocycles. The van der Waals surface area contributed by atoms with Crippen molar-refractivity contribution < 1.29 is 5.11 Å². The van der Waals surface area contributed by atoms with Crippen LogP contribution < -0.4 is 5.32 Å². The average Bonchev–Trinajstić information content (AvgIpc) is 3.07. The summed E-state index contributed by atoms with van der Waals surface area (Å²) in [6.07, 6.45) is 1.86. The number of nitrogens with zero attached hydrogens (tertiary/aromatic N) is 2. The third-order valence-corrected chi connectivity index (χ3v) is 4.18. The summed E-state index contributed by atoms with van der Waals surface area (Å²) >= 11 is 0. The van der Waals surface area contributed by atoms with Crippen molar-refractivity contribution in [2.75, 3.05) is 5.32 Å². The van der Waals surface area contributed by atoms with E-state index in [1.54, 1.807) is 12.1 Å². The van der Waals surface area contributed by atoms with Crippen molar-refractivity contribution in [3.05, 3.63) is 65.9 Å². The van der Waals surface area contributed by atoms with Gasteiger partial charge in [0, 0.05) is 17.4 Å².